The molecule has 0 aliphatic carbocycles. The first-order valence-electron chi connectivity index (χ1n) is 10.4. The third-order valence-corrected chi connectivity index (χ3v) is 4.36. The predicted octanol–water partition coefficient (Wildman–Crippen LogP) is 4.44. The van der Waals surface area contributed by atoms with Gasteiger partial charge in [-0.15, -0.1) is 0 Å². The molecule has 0 amide bonds. The number of hydrogen-bond donors (Lipinski definition) is 0. The van der Waals surface area contributed by atoms with E-state index in [1.54, 1.807) is 31.4 Å². The summed E-state index contributed by atoms with van der Waals surface area (Å²) in [6.45, 7) is 1.74. The molecule has 10 heteroatoms. The van der Waals surface area contributed by atoms with Gasteiger partial charge in [0.2, 0.25) is 0 Å². The molecule has 0 bridgehead atoms. The SMILES string of the molecule is COCCOCCCCCC(=O)Oc1ccc(COC(=O)Oc2ccc([N+](=O)[O-])cc2)cc1. The molecule has 178 valence electrons. The predicted molar refractivity (Wildman–Crippen MR) is 117 cm³/mol. The summed E-state index contributed by atoms with van der Waals surface area (Å²) in [6, 6.07) is 11.6. The van der Waals surface area contributed by atoms with E-state index in [0.717, 1.165) is 19.3 Å². The number of nitro groups is 1. The number of esters is 1. The number of ether oxygens (including phenoxy) is 5. The highest BCUT2D eigenvalue weighted by molar-refractivity contribution is 5.72. The highest BCUT2D eigenvalue weighted by Crippen LogP contribution is 2.18. The second-order valence-corrected chi connectivity index (χ2v) is 6.93. The molecule has 0 heterocycles. The first-order valence-corrected chi connectivity index (χ1v) is 10.4. The molecule has 0 fully saturated rings. The fourth-order valence-electron chi connectivity index (χ4n) is 2.63. The van der Waals surface area contributed by atoms with E-state index >= 15 is 0 Å². The number of methoxy groups -OCH3 is 1. The molecule has 0 saturated carbocycles. The Balaban J connectivity index is 1.63. The van der Waals surface area contributed by atoms with Crippen molar-refractivity contribution in [2.45, 2.75) is 32.3 Å². The van der Waals surface area contributed by atoms with Crippen LogP contribution in [0.25, 0.3) is 0 Å². The third-order valence-electron chi connectivity index (χ3n) is 4.36. The van der Waals surface area contributed by atoms with Crippen molar-refractivity contribution in [2.75, 3.05) is 26.9 Å². The lowest BCUT2D eigenvalue weighted by molar-refractivity contribution is -0.384. The number of hydrogen-bond acceptors (Lipinski definition) is 9. The van der Waals surface area contributed by atoms with Gasteiger partial charge in [0.25, 0.3) is 5.69 Å². The summed E-state index contributed by atoms with van der Waals surface area (Å²) < 4.78 is 25.5. The Kier molecular flexibility index (Phi) is 11.3. The summed E-state index contributed by atoms with van der Waals surface area (Å²) in [5.41, 5.74) is 0.559. The molecule has 0 atom stereocenters. The smallest absolute Gasteiger partial charge is 0.429 e. The van der Waals surface area contributed by atoms with Gasteiger partial charge >= 0.3 is 12.1 Å². The Bertz CT molecular complexity index is 882. The molecule has 10 nitrogen and oxygen atoms in total. The number of carbonyl (C=O) groups is 2. The van der Waals surface area contributed by atoms with Gasteiger partial charge in [-0.25, -0.2) is 4.79 Å². The summed E-state index contributed by atoms with van der Waals surface area (Å²) in [5, 5.41) is 10.6. The van der Waals surface area contributed by atoms with Crippen molar-refractivity contribution >= 4 is 17.8 Å². The summed E-state index contributed by atoms with van der Waals surface area (Å²) in [7, 11) is 1.62. The van der Waals surface area contributed by atoms with Crippen LogP contribution in [-0.4, -0.2) is 44.0 Å². The Morgan fingerprint density at radius 2 is 1.52 bits per heavy atom. The van der Waals surface area contributed by atoms with Crippen molar-refractivity contribution in [3.05, 3.63) is 64.2 Å². The third kappa shape index (κ3) is 10.6. The van der Waals surface area contributed by atoms with Crippen molar-refractivity contribution in [1.82, 2.24) is 0 Å². The summed E-state index contributed by atoms with van der Waals surface area (Å²) in [4.78, 5) is 33.8. The molecule has 0 spiro atoms. The van der Waals surface area contributed by atoms with E-state index in [-0.39, 0.29) is 24.0 Å². The molecule has 0 N–H and O–H groups in total. The Labute approximate surface area is 191 Å². The van der Waals surface area contributed by atoms with Crippen molar-refractivity contribution in [1.29, 1.82) is 0 Å². The topological polar surface area (TPSA) is 123 Å². The maximum atomic E-state index is 11.9. The van der Waals surface area contributed by atoms with Crippen LogP contribution in [0.1, 0.15) is 31.2 Å². The molecule has 33 heavy (non-hydrogen) atoms. The van der Waals surface area contributed by atoms with Gasteiger partial charge in [0, 0.05) is 32.3 Å². The van der Waals surface area contributed by atoms with E-state index in [2.05, 4.69) is 0 Å². The van der Waals surface area contributed by atoms with Gasteiger partial charge in [0.15, 0.2) is 0 Å². The Hall–Kier alpha value is -3.50. The van der Waals surface area contributed by atoms with Crippen LogP contribution in [0.5, 0.6) is 11.5 Å². The van der Waals surface area contributed by atoms with Crippen LogP contribution in [0.4, 0.5) is 10.5 Å². The normalized spacial score (nSPS) is 10.5. The minimum absolute atomic E-state index is 0.0491. The van der Waals surface area contributed by atoms with E-state index in [9.17, 15) is 19.7 Å². The minimum atomic E-state index is -0.941. The van der Waals surface area contributed by atoms with Crippen molar-refractivity contribution in [3.63, 3.8) is 0 Å². The molecule has 2 aromatic rings. The van der Waals surface area contributed by atoms with Crippen molar-refractivity contribution in [3.8, 4) is 11.5 Å². The van der Waals surface area contributed by atoms with Crippen LogP contribution >= 0.6 is 0 Å². The van der Waals surface area contributed by atoms with Gasteiger partial charge in [0.1, 0.15) is 18.1 Å². The average Bonchev–Trinajstić information content (AvgIpc) is 2.80. The number of benzene rings is 2. The maximum Gasteiger partial charge on any atom is 0.514 e. The fraction of sp³-hybridized carbons (Fsp3) is 0.391. The standard InChI is InChI=1S/C23H27NO9/c1-29-15-16-30-14-4-2-3-5-22(25)32-20-10-6-18(7-11-20)17-31-23(26)33-21-12-8-19(9-13-21)24(27)28/h6-13H,2-5,14-17H2,1H3. The first kappa shape index (κ1) is 25.8. The van der Waals surface area contributed by atoms with Gasteiger partial charge in [-0.05, 0) is 42.7 Å². The summed E-state index contributed by atoms with van der Waals surface area (Å²) in [5.74, 6) is 0.220. The Morgan fingerprint density at radius 3 is 2.18 bits per heavy atom. The van der Waals surface area contributed by atoms with E-state index in [0.29, 0.717) is 37.6 Å². The lowest BCUT2D eigenvalue weighted by Gasteiger charge is -2.08. The quantitative estimate of drug-likeness (QED) is 0.100. The number of non-ortho nitro benzene ring substituents is 1. The molecule has 0 unspecified atom stereocenters. The van der Waals surface area contributed by atoms with Gasteiger partial charge in [-0.3, -0.25) is 14.9 Å². The molecule has 0 aliphatic heterocycles. The molecular formula is C23H27NO9. The van der Waals surface area contributed by atoms with Crippen molar-refractivity contribution < 1.29 is 38.2 Å². The van der Waals surface area contributed by atoms with Crippen LogP contribution in [0.3, 0.4) is 0 Å². The maximum absolute atomic E-state index is 11.9. The van der Waals surface area contributed by atoms with Crippen molar-refractivity contribution in [2.24, 2.45) is 0 Å². The van der Waals surface area contributed by atoms with Crippen LogP contribution in [-0.2, 0) is 25.6 Å². The van der Waals surface area contributed by atoms with Gasteiger partial charge in [-0.1, -0.05) is 18.6 Å². The van der Waals surface area contributed by atoms with Gasteiger partial charge in [0.05, 0.1) is 18.1 Å². The van der Waals surface area contributed by atoms with Crippen LogP contribution in [0, 0.1) is 10.1 Å². The largest absolute Gasteiger partial charge is 0.514 e. The molecular weight excluding hydrogens is 434 g/mol. The summed E-state index contributed by atoms with van der Waals surface area (Å²) in [6.07, 6.45) is 1.84. The molecule has 0 radical (unpaired) electrons. The van der Waals surface area contributed by atoms with E-state index in [1.165, 1.54) is 24.3 Å². The van der Waals surface area contributed by atoms with Gasteiger partial charge < -0.3 is 23.7 Å². The van der Waals surface area contributed by atoms with E-state index in [1.807, 2.05) is 0 Å². The minimum Gasteiger partial charge on any atom is -0.429 e. The monoisotopic (exact) mass is 461 g/mol. The number of unbranched alkanes of at least 4 members (excludes halogenated alkanes) is 2. The summed E-state index contributed by atoms with van der Waals surface area (Å²) >= 11 is 0. The first-order chi connectivity index (χ1) is 16.0. The van der Waals surface area contributed by atoms with E-state index in [4.69, 9.17) is 23.7 Å². The van der Waals surface area contributed by atoms with E-state index < -0.39 is 11.1 Å². The van der Waals surface area contributed by atoms with Crippen LogP contribution in [0.2, 0.25) is 0 Å². The molecule has 0 saturated heterocycles. The number of nitrogens with zero attached hydrogens (tertiary/aromatic N) is 1. The molecule has 0 aromatic heterocycles. The van der Waals surface area contributed by atoms with Gasteiger partial charge in [-0.2, -0.15) is 0 Å². The fourth-order valence-corrected chi connectivity index (χ4v) is 2.63. The lowest BCUT2D eigenvalue weighted by atomic mass is 10.2. The Morgan fingerprint density at radius 1 is 0.848 bits per heavy atom. The molecule has 2 aromatic carbocycles. The second kappa shape index (κ2) is 14.5. The van der Waals surface area contributed by atoms with Crippen LogP contribution in [0.15, 0.2) is 48.5 Å². The number of rotatable bonds is 14. The number of nitro benzene ring substituents is 1. The molecule has 0 aliphatic rings. The van der Waals surface area contributed by atoms with Crippen LogP contribution < -0.4 is 9.47 Å². The highest BCUT2D eigenvalue weighted by atomic mass is 16.7. The zero-order chi connectivity index (χ0) is 23.9. The highest BCUT2D eigenvalue weighted by Gasteiger charge is 2.10. The zero-order valence-electron chi connectivity index (χ0n) is 18.4. The molecule has 2 rings (SSSR count). The zero-order valence-corrected chi connectivity index (χ0v) is 18.4. The second-order valence-electron chi connectivity index (χ2n) is 6.93. The average molecular weight is 461 g/mol. The lowest BCUT2D eigenvalue weighted by Crippen LogP contribution is -2.10. The number of carbonyl (C=O) groups excluding carboxylic acids is 2.